The van der Waals surface area contributed by atoms with Gasteiger partial charge < -0.3 is 10.4 Å². The van der Waals surface area contributed by atoms with Gasteiger partial charge in [0.1, 0.15) is 0 Å². The summed E-state index contributed by atoms with van der Waals surface area (Å²) in [5, 5.41) is 13.8. The number of thioether (sulfide) groups is 1. The molecule has 0 fully saturated rings. The van der Waals surface area contributed by atoms with Gasteiger partial charge in [0, 0.05) is 17.4 Å². The first-order chi connectivity index (χ1) is 9.37. The average molecular weight is 295 g/mol. The predicted molar refractivity (Wildman–Crippen MR) is 89.3 cm³/mol. The Hall–Kier alpha value is -0.510. The standard InChI is InChI=1S/C17H29NOS/c1-13(2)10-11-20-16-8-6-15(7-9-16)17(4,19)14(3)12-18-5/h6-9,13-14,18-19H,10-12H2,1-5H3. The van der Waals surface area contributed by atoms with Gasteiger partial charge >= 0.3 is 0 Å². The second-order valence-corrected chi connectivity index (χ2v) is 7.33. The van der Waals surface area contributed by atoms with Crippen LogP contribution >= 0.6 is 11.8 Å². The van der Waals surface area contributed by atoms with Gasteiger partial charge in [-0.15, -0.1) is 11.8 Å². The van der Waals surface area contributed by atoms with E-state index in [0.717, 1.165) is 23.8 Å². The van der Waals surface area contributed by atoms with Crippen molar-refractivity contribution >= 4 is 11.8 Å². The van der Waals surface area contributed by atoms with Crippen molar-refractivity contribution in [2.45, 2.75) is 44.6 Å². The summed E-state index contributed by atoms with van der Waals surface area (Å²) in [6.45, 7) is 9.28. The summed E-state index contributed by atoms with van der Waals surface area (Å²) in [5.41, 5.74) is 0.206. The third-order valence-electron chi connectivity index (χ3n) is 3.87. The van der Waals surface area contributed by atoms with Crippen LogP contribution in [0.5, 0.6) is 0 Å². The zero-order valence-electron chi connectivity index (χ0n) is 13.4. The Morgan fingerprint density at radius 1 is 1.20 bits per heavy atom. The Morgan fingerprint density at radius 2 is 1.80 bits per heavy atom. The molecule has 1 rings (SSSR count). The first kappa shape index (κ1) is 17.5. The Labute approximate surface area is 128 Å². The highest BCUT2D eigenvalue weighted by atomic mass is 32.2. The van der Waals surface area contributed by atoms with Crippen LogP contribution in [0.3, 0.4) is 0 Å². The van der Waals surface area contributed by atoms with Crippen molar-refractivity contribution in [3.05, 3.63) is 29.8 Å². The molecule has 114 valence electrons. The summed E-state index contributed by atoms with van der Waals surface area (Å²) in [5.74, 6) is 2.08. The monoisotopic (exact) mass is 295 g/mol. The van der Waals surface area contributed by atoms with E-state index in [2.05, 4.69) is 50.4 Å². The van der Waals surface area contributed by atoms with Crippen LogP contribution in [0.2, 0.25) is 0 Å². The van der Waals surface area contributed by atoms with Gasteiger partial charge in [-0.1, -0.05) is 32.9 Å². The van der Waals surface area contributed by atoms with Gasteiger partial charge in [0.2, 0.25) is 0 Å². The lowest BCUT2D eigenvalue weighted by Crippen LogP contribution is -2.35. The van der Waals surface area contributed by atoms with Gasteiger partial charge in [0.05, 0.1) is 5.60 Å². The van der Waals surface area contributed by atoms with Crippen LogP contribution < -0.4 is 5.32 Å². The third-order valence-corrected chi connectivity index (χ3v) is 4.92. The van der Waals surface area contributed by atoms with E-state index in [1.165, 1.54) is 11.3 Å². The number of rotatable bonds is 8. The van der Waals surface area contributed by atoms with Gasteiger partial charge in [0.25, 0.3) is 0 Å². The maximum Gasteiger partial charge on any atom is 0.0906 e. The molecule has 0 radical (unpaired) electrons. The van der Waals surface area contributed by atoms with Crippen molar-refractivity contribution in [3.63, 3.8) is 0 Å². The highest BCUT2D eigenvalue weighted by Gasteiger charge is 2.29. The fraction of sp³-hybridized carbons (Fsp3) is 0.647. The maximum absolute atomic E-state index is 10.7. The molecule has 1 aromatic rings. The zero-order valence-corrected chi connectivity index (χ0v) is 14.3. The number of hydrogen-bond donors (Lipinski definition) is 2. The van der Waals surface area contributed by atoms with Crippen LogP contribution in [-0.4, -0.2) is 24.5 Å². The Bertz CT molecular complexity index is 386. The quantitative estimate of drug-likeness (QED) is 0.714. The molecular weight excluding hydrogens is 266 g/mol. The van der Waals surface area contributed by atoms with Crippen LogP contribution in [0.15, 0.2) is 29.2 Å². The highest BCUT2D eigenvalue weighted by molar-refractivity contribution is 7.99. The second kappa shape index (κ2) is 8.06. The molecule has 0 saturated carbocycles. The summed E-state index contributed by atoms with van der Waals surface area (Å²) in [7, 11) is 1.92. The largest absolute Gasteiger partial charge is 0.385 e. The molecule has 0 aliphatic rings. The lowest BCUT2D eigenvalue weighted by molar-refractivity contribution is 0.00252. The predicted octanol–water partition coefficient (Wildman–Crippen LogP) is 3.89. The summed E-state index contributed by atoms with van der Waals surface area (Å²) in [6.07, 6.45) is 1.24. The Balaban J connectivity index is 2.65. The smallest absolute Gasteiger partial charge is 0.0906 e. The molecule has 0 aliphatic carbocycles. The number of aliphatic hydroxyl groups is 1. The van der Waals surface area contributed by atoms with Crippen molar-refractivity contribution in [1.29, 1.82) is 0 Å². The van der Waals surface area contributed by atoms with E-state index in [1.54, 1.807) is 0 Å². The minimum atomic E-state index is -0.788. The lowest BCUT2D eigenvalue weighted by Gasteiger charge is -2.31. The van der Waals surface area contributed by atoms with Gasteiger partial charge in [-0.25, -0.2) is 0 Å². The van der Waals surface area contributed by atoms with E-state index in [-0.39, 0.29) is 5.92 Å². The molecule has 0 heterocycles. The lowest BCUT2D eigenvalue weighted by atomic mass is 9.84. The minimum absolute atomic E-state index is 0.173. The molecular formula is C17H29NOS. The molecule has 1 aromatic carbocycles. The number of hydrogen-bond acceptors (Lipinski definition) is 3. The molecule has 0 aliphatic heterocycles. The van der Waals surface area contributed by atoms with E-state index in [0.29, 0.717) is 0 Å². The minimum Gasteiger partial charge on any atom is -0.385 e. The average Bonchev–Trinajstić information content (AvgIpc) is 2.39. The SMILES string of the molecule is CNCC(C)C(C)(O)c1ccc(SCCC(C)C)cc1. The number of nitrogens with one attached hydrogen (secondary N) is 1. The van der Waals surface area contributed by atoms with E-state index in [1.807, 2.05) is 25.7 Å². The molecule has 0 aromatic heterocycles. The van der Waals surface area contributed by atoms with Crippen LogP contribution in [0, 0.1) is 11.8 Å². The van der Waals surface area contributed by atoms with E-state index >= 15 is 0 Å². The van der Waals surface area contributed by atoms with E-state index in [4.69, 9.17) is 0 Å². The van der Waals surface area contributed by atoms with E-state index < -0.39 is 5.60 Å². The van der Waals surface area contributed by atoms with Crippen LogP contribution in [0.4, 0.5) is 0 Å². The molecule has 0 spiro atoms. The summed E-state index contributed by atoms with van der Waals surface area (Å²) < 4.78 is 0. The first-order valence-electron chi connectivity index (χ1n) is 7.48. The van der Waals surface area contributed by atoms with Gasteiger partial charge in [-0.3, -0.25) is 0 Å². The van der Waals surface area contributed by atoms with Crippen LogP contribution in [0.1, 0.15) is 39.7 Å². The molecule has 2 unspecified atom stereocenters. The second-order valence-electron chi connectivity index (χ2n) is 6.16. The Morgan fingerprint density at radius 3 is 2.30 bits per heavy atom. The van der Waals surface area contributed by atoms with Crippen molar-refractivity contribution in [1.82, 2.24) is 5.32 Å². The van der Waals surface area contributed by atoms with Gasteiger partial charge in [-0.05, 0) is 49.8 Å². The van der Waals surface area contributed by atoms with Gasteiger partial charge in [0.15, 0.2) is 0 Å². The fourth-order valence-corrected chi connectivity index (χ4v) is 3.24. The maximum atomic E-state index is 10.7. The van der Waals surface area contributed by atoms with E-state index in [9.17, 15) is 5.11 Å². The molecule has 2 atom stereocenters. The van der Waals surface area contributed by atoms with Crippen molar-refractivity contribution in [2.24, 2.45) is 11.8 Å². The van der Waals surface area contributed by atoms with Crippen molar-refractivity contribution < 1.29 is 5.11 Å². The Kier molecular flexibility index (Phi) is 7.07. The topological polar surface area (TPSA) is 32.3 Å². The molecule has 2 nitrogen and oxygen atoms in total. The molecule has 2 N–H and O–H groups in total. The van der Waals surface area contributed by atoms with Gasteiger partial charge in [-0.2, -0.15) is 0 Å². The highest BCUT2D eigenvalue weighted by Crippen LogP contribution is 2.30. The summed E-state index contributed by atoms with van der Waals surface area (Å²) >= 11 is 1.89. The van der Waals surface area contributed by atoms with Crippen molar-refractivity contribution in [2.75, 3.05) is 19.3 Å². The molecule has 0 bridgehead atoms. The normalized spacial score (nSPS) is 16.1. The van der Waals surface area contributed by atoms with Crippen LogP contribution in [-0.2, 0) is 5.60 Å². The molecule has 0 saturated heterocycles. The molecule has 3 heteroatoms. The first-order valence-corrected chi connectivity index (χ1v) is 8.46. The summed E-state index contributed by atoms with van der Waals surface area (Å²) in [4.78, 5) is 1.28. The molecule has 20 heavy (non-hydrogen) atoms. The van der Waals surface area contributed by atoms with Crippen LogP contribution in [0.25, 0.3) is 0 Å². The molecule has 0 amide bonds. The number of benzene rings is 1. The zero-order chi connectivity index (χ0) is 15.2. The summed E-state index contributed by atoms with van der Waals surface area (Å²) in [6, 6.07) is 8.37. The van der Waals surface area contributed by atoms with Crippen molar-refractivity contribution in [3.8, 4) is 0 Å². The third kappa shape index (κ3) is 5.12. The fourth-order valence-electron chi connectivity index (χ4n) is 2.09.